The molecule has 1 saturated heterocycles. The number of halogens is 1. The molecule has 1 aromatic carbocycles. The maximum absolute atomic E-state index is 12.4. The first-order valence-electron chi connectivity index (χ1n) is 6.65. The Morgan fingerprint density at radius 3 is 2.67 bits per heavy atom. The third-order valence-electron chi connectivity index (χ3n) is 3.67. The Morgan fingerprint density at radius 1 is 1.33 bits per heavy atom. The molecule has 1 amide bonds. The molecule has 0 N–H and O–H groups in total. The van der Waals surface area contributed by atoms with Crippen LogP contribution >= 0.6 is 22.6 Å². The molecule has 0 unspecified atom stereocenters. The van der Waals surface area contributed by atoms with Crippen molar-refractivity contribution >= 4 is 28.5 Å². The molecular formula is C15H20INO. The van der Waals surface area contributed by atoms with Gasteiger partial charge in [0.05, 0.1) is 0 Å². The Hall–Kier alpha value is -0.580. The maximum Gasteiger partial charge on any atom is 0.226 e. The summed E-state index contributed by atoms with van der Waals surface area (Å²) in [6.45, 7) is 3.87. The van der Waals surface area contributed by atoms with Crippen LogP contribution in [0.25, 0.3) is 0 Å². The maximum atomic E-state index is 12.4. The second-order valence-electron chi connectivity index (χ2n) is 5.01. The first-order chi connectivity index (χ1) is 8.76. The number of alkyl halides is 1. The van der Waals surface area contributed by atoms with Gasteiger partial charge in [-0.05, 0) is 17.9 Å². The number of hydrogen-bond acceptors (Lipinski definition) is 1. The molecule has 0 radical (unpaired) electrons. The van der Waals surface area contributed by atoms with E-state index in [1.807, 2.05) is 23.1 Å². The highest BCUT2D eigenvalue weighted by atomic mass is 127. The summed E-state index contributed by atoms with van der Waals surface area (Å²) in [7, 11) is 0. The number of carbonyl (C=O) groups is 1. The summed E-state index contributed by atoms with van der Waals surface area (Å²) >= 11 is 2.42. The van der Waals surface area contributed by atoms with Gasteiger partial charge in [-0.3, -0.25) is 4.79 Å². The first kappa shape index (κ1) is 13.8. The molecule has 0 bridgehead atoms. The lowest BCUT2D eigenvalue weighted by Crippen LogP contribution is -2.26. The van der Waals surface area contributed by atoms with Gasteiger partial charge in [-0.2, -0.15) is 0 Å². The fourth-order valence-corrected chi connectivity index (χ4v) is 3.60. The lowest BCUT2D eigenvalue weighted by atomic mass is 9.93. The topological polar surface area (TPSA) is 20.3 Å². The zero-order valence-corrected chi connectivity index (χ0v) is 13.0. The Morgan fingerprint density at radius 2 is 2.06 bits per heavy atom. The number of rotatable bonds is 5. The number of benzene rings is 1. The molecule has 1 aliphatic heterocycles. The van der Waals surface area contributed by atoms with Crippen molar-refractivity contribution in [2.75, 3.05) is 11.0 Å². The molecule has 3 heteroatoms. The van der Waals surface area contributed by atoms with Crippen molar-refractivity contribution in [2.45, 2.75) is 26.3 Å². The van der Waals surface area contributed by atoms with Gasteiger partial charge in [-0.1, -0.05) is 66.3 Å². The van der Waals surface area contributed by atoms with Crippen molar-refractivity contribution < 1.29 is 4.79 Å². The highest BCUT2D eigenvalue weighted by molar-refractivity contribution is 14.1. The van der Waals surface area contributed by atoms with E-state index in [1.54, 1.807) is 0 Å². The van der Waals surface area contributed by atoms with Crippen molar-refractivity contribution in [3.8, 4) is 0 Å². The normalized spacial score (nSPS) is 23.7. The smallest absolute Gasteiger partial charge is 0.226 e. The molecule has 0 aromatic heterocycles. The molecule has 0 aliphatic carbocycles. The minimum atomic E-state index is 0.260. The minimum Gasteiger partial charge on any atom is -0.338 e. The molecule has 2 rings (SSSR count). The van der Waals surface area contributed by atoms with Crippen LogP contribution in [0, 0.1) is 11.8 Å². The average molecular weight is 357 g/mol. The van der Waals surface area contributed by atoms with E-state index in [4.69, 9.17) is 0 Å². The van der Waals surface area contributed by atoms with Crippen LogP contribution in [-0.2, 0) is 11.3 Å². The largest absolute Gasteiger partial charge is 0.338 e. The van der Waals surface area contributed by atoms with Gasteiger partial charge in [0.25, 0.3) is 0 Å². The van der Waals surface area contributed by atoms with E-state index in [9.17, 15) is 4.79 Å². The summed E-state index contributed by atoms with van der Waals surface area (Å²) in [5.41, 5.74) is 1.23. The van der Waals surface area contributed by atoms with Crippen molar-refractivity contribution in [3.63, 3.8) is 0 Å². The second kappa shape index (κ2) is 6.55. The fourth-order valence-electron chi connectivity index (χ4n) is 2.71. The number of amides is 1. The molecule has 18 heavy (non-hydrogen) atoms. The van der Waals surface area contributed by atoms with Gasteiger partial charge in [0.1, 0.15) is 0 Å². The molecule has 0 saturated carbocycles. The van der Waals surface area contributed by atoms with Crippen LogP contribution in [0.3, 0.4) is 0 Å². The van der Waals surface area contributed by atoms with Crippen LogP contribution in [-0.4, -0.2) is 21.8 Å². The molecule has 1 aromatic rings. The van der Waals surface area contributed by atoms with Gasteiger partial charge in [0.2, 0.25) is 5.91 Å². The average Bonchev–Trinajstić information content (AvgIpc) is 2.69. The number of carbonyl (C=O) groups excluding carboxylic acids is 1. The molecule has 1 aliphatic rings. The SMILES string of the molecule is CCC[C@@H]1C(=O)N(Cc2ccccc2)C[C@@H]1CI. The zero-order chi connectivity index (χ0) is 13.0. The first-order valence-corrected chi connectivity index (χ1v) is 8.17. The number of likely N-dealkylation sites (tertiary alicyclic amines) is 1. The Labute approximate surface area is 123 Å². The van der Waals surface area contributed by atoms with Gasteiger partial charge in [0.15, 0.2) is 0 Å². The van der Waals surface area contributed by atoms with Crippen molar-refractivity contribution in [2.24, 2.45) is 11.8 Å². The highest BCUT2D eigenvalue weighted by Crippen LogP contribution is 2.31. The lowest BCUT2D eigenvalue weighted by Gasteiger charge is -2.16. The lowest BCUT2D eigenvalue weighted by molar-refractivity contribution is -0.131. The Bertz CT molecular complexity index is 393. The monoisotopic (exact) mass is 357 g/mol. The molecule has 2 atom stereocenters. The molecule has 1 heterocycles. The molecular weight excluding hydrogens is 337 g/mol. The van der Waals surface area contributed by atoms with Gasteiger partial charge >= 0.3 is 0 Å². The van der Waals surface area contributed by atoms with Gasteiger partial charge in [-0.15, -0.1) is 0 Å². The second-order valence-corrected chi connectivity index (χ2v) is 5.89. The molecule has 0 spiro atoms. The van der Waals surface area contributed by atoms with Crippen LogP contribution < -0.4 is 0 Å². The van der Waals surface area contributed by atoms with Gasteiger partial charge in [-0.25, -0.2) is 0 Å². The number of nitrogens with zero attached hydrogens (tertiary/aromatic N) is 1. The van der Waals surface area contributed by atoms with E-state index in [1.165, 1.54) is 5.56 Å². The van der Waals surface area contributed by atoms with E-state index >= 15 is 0 Å². The molecule has 1 fully saturated rings. The summed E-state index contributed by atoms with van der Waals surface area (Å²) in [6.07, 6.45) is 2.14. The fraction of sp³-hybridized carbons (Fsp3) is 0.533. The summed E-state index contributed by atoms with van der Waals surface area (Å²) in [5.74, 6) is 1.17. The van der Waals surface area contributed by atoms with Crippen LogP contribution in [0.15, 0.2) is 30.3 Å². The minimum absolute atomic E-state index is 0.260. The summed E-state index contributed by atoms with van der Waals surface area (Å²) in [5, 5.41) is 0. The van der Waals surface area contributed by atoms with Crippen molar-refractivity contribution in [1.82, 2.24) is 4.90 Å². The van der Waals surface area contributed by atoms with Crippen LogP contribution in [0.5, 0.6) is 0 Å². The molecule has 98 valence electrons. The van der Waals surface area contributed by atoms with Crippen molar-refractivity contribution in [1.29, 1.82) is 0 Å². The molecule has 2 nitrogen and oxygen atoms in total. The number of hydrogen-bond donors (Lipinski definition) is 0. The summed E-state index contributed by atoms with van der Waals surface area (Å²) < 4.78 is 1.08. The third kappa shape index (κ3) is 3.05. The predicted octanol–water partition coefficient (Wildman–Crippen LogP) is 3.50. The van der Waals surface area contributed by atoms with E-state index in [0.717, 1.165) is 30.4 Å². The van der Waals surface area contributed by atoms with Gasteiger partial charge < -0.3 is 4.90 Å². The standard InChI is InChI=1S/C15H20INO/c1-2-6-14-13(9-16)11-17(15(14)18)10-12-7-4-3-5-8-12/h3-5,7-8,13-14H,2,6,9-11H2,1H3/t13-,14-/m0/s1. The van der Waals surface area contributed by atoms with Crippen molar-refractivity contribution in [3.05, 3.63) is 35.9 Å². The van der Waals surface area contributed by atoms with E-state index < -0.39 is 0 Å². The quantitative estimate of drug-likeness (QED) is 0.584. The zero-order valence-electron chi connectivity index (χ0n) is 10.8. The third-order valence-corrected chi connectivity index (χ3v) is 4.80. The Balaban J connectivity index is 2.04. The summed E-state index contributed by atoms with van der Waals surface area (Å²) in [6, 6.07) is 10.3. The van der Waals surface area contributed by atoms with Crippen LogP contribution in [0.2, 0.25) is 0 Å². The van der Waals surface area contributed by atoms with Gasteiger partial charge in [0, 0.05) is 23.4 Å². The van der Waals surface area contributed by atoms with Crippen LogP contribution in [0.1, 0.15) is 25.3 Å². The highest BCUT2D eigenvalue weighted by Gasteiger charge is 2.38. The van der Waals surface area contributed by atoms with E-state index in [0.29, 0.717) is 11.8 Å². The predicted molar refractivity (Wildman–Crippen MR) is 82.6 cm³/mol. The Kier molecular flexibility index (Phi) is 5.03. The van der Waals surface area contributed by atoms with Crippen LogP contribution in [0.4, 0.5) is 0 Å². The van der Waals surface area contributed by atoms with E-state index in [2.05, 4.69) is 41.6 Å². The van der Waals surface area contributed by atoms with E-state index in [-0.39, 0.29) is 5.92 Å². The summed E-state index contributed by atoms with van der Waals surface area (Å²) in [4.78, 5) is 14.4.